The molecule has 2 aliphatic rings. The van der Waals surface area contributed by atoms with Crippen molar-refractivity contribution in [1.82, 2.24) is 5.32 Å². The van der Waals surface area contributed by atoms with Crippen molar-refractivity contribution in [1.29, 1.82) is 5.26 Å². The predicted molar refractivity (Wildman–Crippen MR) is 89.7 cm³/mol. The van der Waals surface area contributed by atoms with Gasteiger partial charge in [0.15, 0.2) is 17.3 Å². The van der Waals surface area contributed by atoms with Gasteiger partial charge in [-0.05, 0) is 31.4 Å². The molecule has 0 saturated carbocycles. The van der Waals surface area contributed by atoms with Gasteiger partial charge in [-0.25, -0.2) is 0 Å². The Bertz CT molecular complexity index is 833. The number of methoxy groups -OCH3 is 1. The van der Waals surface area contributed by atoms with Crippen molar-refractivity contribution >= 4 is 17.4 Å². The van der Waals surface area contributed by atoms with E-state index in [2.05, 4.69) is 11.4 Å². The highest BCUT2D eigenvalue weighted by Gasteiger charge is 2.37. The van der Waals surface area contributed by atoms with Gasteiger partial charge in [-0.15, -0.1) is 0 Å². The maximum absolute atomic E-state index is 12.5. The highest BCUT2D eigenvalue weighted by molar-refractivity contribution is 6.33. The third-order valence-electron chi connectivity index (χ3n) is 4.54. The van der Waals surface area contributed by atoms with Crippen molar-refractivity contribution in [2.24, 2.45) is 0 Å². The van der Waals surface area contributed by atoms with E-state index in [4.69, 9.17) is 16.3 Å². The van der Waals surface area contributed by atoms with E-state index in [0.29, 0.717) is 28.8 Å². The molecule has 0 radical (unpaired) electrons. The molecule has 1 aromatic rings. The van der Waals surface area contributed by atoms with E-state index in [9.17, 15) is 15.2 Å². The Morgan fingerprint density at radius 3 is 2.83 bits per heavy atom. The zero-order valence-corrected chi connectivity index (χ0v) is 14.2. The first-order valence-electron chi connectivity index (χ1n) is 7.69. The number of phenols is 1. The first kappa shape index (κ1) is 16.4. The van der Waals surface area contributed by atoms with E-state index in [0.717, 1.165) is 18.5 Å². The van der Waals surface area contributed by atoms with Crippen LogP contribution in [0.1, 0.15) is 37.7 Å². The van der Waals surface area contributed by atoms with Gasteiger partial charge >= 0.3 is 0 Å². The number of ether oxygens (including phenoxy) is 1. The van der Waals surface area contributed by atoms with Gasteiger partial charge in [0.25, 0.3) is 0 Å². The Hall–Kier alpha value is -2.45. The lowest BCUT2D eigenvalue weighted by Crippen LogP contribution is -2.31. The monoisotopic (exact) mass is 344 g/mol. The zero-order valence-electron chi connectivity index (χ0n) is 13.4. The molecule has 1 aliphatic heterocycles. The van der Waals surface area contributed by atoms with E-state index in [1.807, 2.05) is 6.92 Å². The van der Waals surface area contributed by atoms with E-state index in [1.165, 1.54) is 7.11 Å². The number of allylic oxidation sites excluding steroid dienone is 4. The van der Waals surface area contributed by atoms with Crippen LogP contribution in [0, 0.1) is 11.3 Å². The smallest absolute Gasteiger partial charge is 0.177 e. The van der Waals surface area contributed by atoms with E-state index < -0.39 is 5.92 Å². The number of ketones is 1. The fourth-order valence-corrected chi connectivity index (χ4v) is 3.66. The molecular weight excluding hydrogens is 328 g/mol. The number of nitrogens with one attached hydrogen (secondary N) is 1. The molecule has 1 aromatic carbocycles. The van der Waals surface area contributed by atoms with Gasteiger partial charge in [0.05, 0.1) is 29.7 Å². The molecule has 3 rings (SSSR count). The molecule has 1 heterocycles. The number of halogens is 1. The SMILES string of the molecule is COc1ccc([C@H]2C(C#N)=C(C)NC3=C2C(=O)CCC3)c(Cl)c1O. The lowest BCUT2D eigenvalue weighted by atomic mass is 9.75. The second-order valence-electron chi connectivity index (χ2n) is 5.90. The molecule has 0 amide bonds. The van der Waals surface area contributed by atoms with Crippen LogP contribution in [0.25, 0.3) is 0 Å². The third-order valence-corrected chi connectivity index (χ3v) is 4.93. The molecule has 5 nitrogen and oxygen atoms in total. The van der Waals surface area contributed by atoms with Crippen LogP contribution in [0.2, 0.25) is 5.02 Å². The third kappa shape index (κ3) is 2.44. The summed E-state index contributed by atoms with van der Waals surface area (Å²) in [4.78, 5) is 12.5. The van der Waals surface area contributed by atoms with Crippen LogP contribution in [0.5, 0.6) is 11.5 Å². The number of benzene rings is 1. The van der Waals surface area contributed by atoms with Crippen LogP contribution in [-0.4, -0.2) is 18.0 Å². The van der Waals surface area contributed by atoms with E-state index in [-0.39, 0.29) is 22.3 Å². The number of phenolic OH excluding ortho intramolecular Hbond substituents is 1. The maximum Gasteiger partial charge on any atom is 0.177 e. The molecule has 1 atom stereocenters. The molecule has 24 heavy (non-hydrogen) atoms. The Morgan fingerprint density at radius 1 is 1.42 bits per heavy atom. The summed E-state index contributed by atoms with van der Waals surface area (Å²) in [5, 5.41) is 23.1. The summed E-state index contributed by atoms with van der Waals surface area (Å²) < 4.78 is 5.07. The average molecular weight is 345 g/mol. The number of hydrogen-bond donors (Lipinski definition) is 2. The Kier molecular flexibility index (Phi) is 4.25. The minimum absolute atomic E-state index is 0.0142. The van der Waals surface area contributed by atoms with Crippen LogP contribution < -0.4 is 10.1 Å². The van der Waals surface area contributed by atoms with Crippen molar-refractivity contribution in [2.45, 2.75) is 32.1 Å². The molecular formula is C18H17ClN2O3. The van der Waals surface area contributed by atoms with Crippen molar-refractivity contribution < 1.29 is 14.6 Å². The summed E-state index contributed by atoms with van der Waals surface area (Å²) >= 11 is 6.34. The molecule has 0 spiro atoms. The summed E-state index contributed by atoms with van der Waals surface area (Å²) in [6.07, 6.45) is 2.00. The number of carbonyl (C=O) groups excluding carboxylic acids is 1. The molecule has 0 bridgehead atoms. The minimum Gasteiger partial charge on any atom is -0.503 e. The fraction of sp³-hybridized carbons (Fsp3) is 0.333. The largest absolute Gasteiger partial charge is 0.503 e. The number of Topliss-reactive ketones (excluding diaryl/α,β-unsaturated/α-hetero) is 1. The fourth-order valence-electron chi connectivity index (χ4n) is 3.39. The number of dihydropyridines is 1. The first-order valence-corrected chi connectivity index (χ1v) is 8.06. The Balaban J connectivity index is 2.24. The van der Waals surface area contributed by atoms with Gasteiger partial charge in [0, 0.05) is 23.4 Å². The minimum atomic E-state index is -0.566. The quantitative estimate of drug-likeness (QED) is 0.857. The van der Waals surface area contributed by atoms with Gasteiger partial charge in [-0.3, -0.25) is 4.79 Å². The lowest BCUT2D eigenvalue weighted by Gasteiger charge is -2.33. The molecule has 1 aliphatic carbocycles. The number of hydrogen-bond acceptors (Lipinski definition) is 5. The number of rotatable bonds is 2. The highest BCUT2D eigenvalue weighted by Crippen LogP contribution is 2.47. The molecule has 124 valence electrons. The second-order valence-corrected chi connectivity index (χ2v) is 6.28. The van der Waals surface area contributed by atoms with Crippen molar-refractivity contribution in [3.05, 3.63) is 45.3 Å². The van der Waals surface area contributed by atoms with Crippen LogP contribution in [0.15, 0.2) is 34.7 Å². The topological polar surface area (TPSA) is 82.3 Å². The highest BCUT2D eigenvalue weighted by atomic mass is 35.5. The van der Waals surface area contributed by atoms with Crippen LogP contribution in [0.4, 0.5) is 0 Å². The molecule has 0 unspecified atom stereocenters. The standard InChI is InChI=1S/C18H17ClN2O3/c1-9-11(8-20)15(16-12(21-9)4-3-5-13(16)22)10-6-7-14(24-2)18(23)17(10)19/h6-7,15,21,23H,3-5H2,1-2H3/t15-/m0/s1. The molecule has 6 heteroatoms. The second kappa shape index (κ2) is 6.21. The number of carbonyl (C=O) groups is 1. The Labute approximate surface area is 145 Å². The van der Waals surface area contributed by atoms with Crippen molar-refractivity contribution in [2.75, 3.05) is 7.11 Å². The number of aromatic hydroxyl groups is 1. The van der Waals surface area contributed by atoms with Crippen molar-refractivity contribution in [3.63, 3.8) is 0 Å². The normalized spacial score (nSPS) is 20.4. The Morgan fingerprint density at radius 2 is 2.17 bits per heavy atom. The van der Waals surface area contributed by atoms with E-state index in [1.54, 1.807) is 12.1 Å². The molecule has 0 aromatic heterocycles. The van der Waals surface area contributed by atoms with Gasteiger partial charge in [-0.2, -0.15) is 5.26 Å². The molecule has 0 saturated heterocycles. The summed E-state index contributed by atoms with van der Waals surface area (Å²) in [6.45, 7) is 1.81. The predicted octanol–water partition coefficient (Wildman–Crippen LogP) is 3.55. The van der Waals surface area contributed by atoms with E-state index >= 15 is 0 Å². The van der Waals surface area contributed by atoms with Gasteiger partial charge in [0.2, 0.25) is 0 Å². The zero-order chi connectivity index (χ0) is 17.4. The molecule has 0 fully saturated rings. The summed E-state index contributed by atoms with van der Waals surface area (Å²) in [5.41, 5.74) is 3.11. The van der Waals surface area contributed by atoms with Gasteiger partial charge < -0.3 is 15.2 Å². The van der Waals surface area contributed by atoms with Crippen LogP contribution in [0.3, 0.4) is 0 Å². The number of nitrogens with zero attached hydrogens (tertiary/aromatic N) is 1. The van der Waals surface area contributed by atoms with Crippen molar-refractivity contribution in [3.8, 4) is 17.6 Å². The summed E-state index contributed by atoms with van der Waals surface area (Å²) in [7, 11) is 1.44. The lowest BCUT2D eigenvalue weighted by molar-refractivity contribution is -0.116. The number of nitriles is 1. The van der Waals surface area contributed by atoms with Crippen LogP contribution >= 0.6 is 11.6 Å². The summed E-state index contributed by atoms with van der Waals surface area (Å²) in [6, 6.07) is 5.49. The maximum atomic E-state index is 12.5. The van der Waals surface area contributed by atoms with Crippen LogP contribution in [-0.2, 0) is 4.79 Å². The molecule has 2 N–H and O–H groups in total. The van der Waals surface area contributed by atoms with Gasteiger partial charge in [-0.1, -0.05) is 17.7 Å². The van der Waals surface area contributed by atoms with Gasteiger partial charge in [0.1, 0.15) is 0 Å². The first-order chi connectivity index (χ1) is 11.5. The average Bonchev–Trinajstić information content (AvgIpc) is 2.56. The summed E-state index contributed by atoms with van der Waals surface area (Å²) in [5.74, 6) is -0.486.